The van der Waals surface area contributed by atoms with Crippen LogP contribution >= 0.6 is 0 Å². The zero-order chi connectivity index (χ0) is 33.9. The number of alkyl halides is 6. The lowest BCUT2D eigenvalue weighted by atomic mass is 10.1. The molecule has 17 heteroatoms. The number of amides is 2. The standard InChI is InChI=1S/C29H31F6N7O3Si/c1-46(2,3)11-10-45-17-42-24-21(13-39-42)25(36)38-14-22(24)40-26(43)27(44)41(15-18-4-7-20(8-5-18)28(30,31)32)16-19-6-9-23(37-12-19)29(33,34)35/h4-9,12-14H,10-11,15-17H2,1-3H3,(H2,36,38)(H,40,43). The van der Waals surface area contributed by atoms with E-state index >= 15 is 0 Å². The average Bonchev–Trinajstić information content (AvgIpc) is 3.40. The predicted octanol–water partition coefficient (Wildman–Crippen LogP) is 5.93. The van der Waals surface area contributed by atoms with E-state index in [4.69, 9.17) is 10.5 Å². The minimum atomic E-state index is -4.70. The Kier molecular flexibility index (Phi) is 10.1. The second kappa shape index (κ2) is 13.5. The molecule has 3 N–H and O–H groups in total. The Morgan fingerprint density at radius 2 is 1.57 bits per heavy atom. The van der Waals surface area contributed by atoms with Gasteiger partial charge < -0.3 is 20.7 Å². The summed E-state index contributed by atoms with van der Waals surface area (Å²) in [5.74, 6) is -2.15. The minimum Gasteiger partial charge on any atom is -0.383 e. The van der Waals surface area contributed by atoms with Crippen molar-refractivity contribution < 1.29 is 40.7 Å². The van der Waals surface area contributed by atoms with Gasteiger partial charge in [0.25, 0.3) is 0 Å². The first-order chi connectivity index (χ1) is 21.4. The molecule has 4 aromatic rings. The molecule has 0 radical (unpaired) electrons. The maximum atomic E-state index is 13.5. The van der Waals surface area contributed by atoms with Crippen molar-refractivity contribution in [3.8, 4) is 0 Å². The van der Waals surface area contributed by atoms with E-state index in [0.717, 1.165) is 53.5 Å². The lowest BCUT2D eigenvalue weighted by molar-refractivity contribution is -0.144. The number of ether oxygens (including phenoxy) is 1. The second-order valence-corrected chi connectivity index (χ2v) is 17.3. The van der Waals surface area contributed by atoms with Crippen LogP contribution in [-0.2, 0) is 46.5 Å². The molecule has 4 rings (SSSR count). The maximum Gasteiger partial charge on any atom is 0.433 e. The molecule has 3 heterocycles. The highest BCUT2D eigenvalue weighted by molar-refractivity contribution is 6.76. The fourth-order valence-electron chi connectivity index (χ4n) is 4.28. The first kappa shape index (κ1) is 34.4. The Morgan fingerprint density at radius 3 is 2.15 bits per heavy atom. The molecule has 0 saturated heterocycles. The number of aromatic nitrogens is 4. The molecular weight excluding hydrogens is 636 g/mol. The molecule has 246 valence electrons. The smallest absolute Gasteiger partial charge is 0.383 e. The van der Waals surface area contributed by atoms with Crippen molar-refractivity contribution >= 4 is 42.3 Å². The quantitative estimate of drug-likeness (QED) is 0.0930. The summed E-state index contributed by atoms with van der Waals surface area (Å²) in [6.07, 6.45) is -5.71. The van der Waals surface area contributed by atoms with Gasteiger partial charge in [-0.25, -0.2) is 9.67 Å². The van der Waals surface area contributed by atoms with Gasteiger partial charge in [0.15, 0.2) is 0 Å². The highest BCUT2D eigenvalue weighted by atomic mass is 28.3. The van der Waals surface area contributed by atoms with Crippen molar-refractivity contribution in [1.82, 2.24) is 24.6 Å². The summed E-state index contributed by atoms with van der Waals surface area (Å²) in [6.45, 7) is 6.38. The number of halogens is 6. The van der Waals surface area contributed by atoms with E-state index in [9.17, 15) is 35.9 Å². The van der Waals surface area contributed by atoms with E-state index in [0.29, 0.717) is 17.5 Å². The number of fused-ring (bicyclic) bond motifs is 1. The molecule has 0 atom stereocenters. The van der Waals surface area contributed by atoms with Crippen LogP contribution in [0.1, 0.15) is 22.4 Å². The molecule has 0 aliphatic carbocycles. The Labute approximate surface area is 260 Å². The van der Waals surface area contributed by atoms with Crippen LogP contribution in [0.3, 0.4) is 0 Å². The number of rotatable bonds is 10. The van der Waals surface area contributed by atoms with Crippen molar-refractivity contribution in [2.24, 2.45) is 0 Å². The van der Waals surface area contributed by atoms with Gasteiger partial charge in [-0.1, -0.05) is 37.8 Å². The number of hydrogen-bond donors (Lipinski definition) is 2. The number of nitrogens with zero attached hydrogens (tertiary/aromatic N) is 5. The molecule has 0 bridgehead atoms. The fraction of sp³-hybridized carbons (Fsp3) is 0.345. The van der Waals surface area contributed by atoms with Crippen LogP contribution < -0.4 is 11.1 Å². The second-order valence-electron chi connectivity index (χ2n) is 11.7. The summed E-state index contributed by atoms with van der Waals surface area (Å²) in [6, 6.07) is 6.63. The lowest BCUT2D eigenvalue weighted by Crippen LogP contribution is -2.39. The van der Waals surface area contributed by atoms with E-state index in [1.807, 2.05) is 0 Å². The van der Waals surface area contributed by atoms with Gasteiger partial charge in [0, 0.05) is 34.0 Å². The Balaban J connectivity index is 1.59. The summed E-state index contributed by atoms with van der Waals surface area (Å²) >= 11 is 0. The van der Waals surface area contributed by atoms with E-state index in [-0.39, 0.29) is 42.5 Å². The summed E-state index contributed by atoms with van der Waals surface area (Å²) in [5, 5.41) is 7.15. The molecule has 0 fully saturated rings. The number of hydrogen-bond acceptors (Lipinski definition) is 7. The first-order valence-corrected chi connectivity index (χ1v) is 17.6. The van der Waals surface area contributed by atoms with Crippen molar-refractivity contribution in [3.05, 3.63) is 77.4 Å². The van der Waals surface area contributed by atoms with E-state index in [1.54, 1.807) is 0 Å². The van der Waals surface area contributed by atoms with Crippen molar-refractivity contribution in [2.45, 2.75) is 57.9 Å². The maximum absolute atomic E-state index is 13.5. The van der Waals surface area contributed by atoms with Crippen LogP contribution in [0.5, 0.6) is 0 Å². The third-order valence-corrected chi connectivity index (χ3v) is 8.49. The van der Waals surface area contributed by atoms with Crippen molar-refractivity contribution in [1.29, 1.82) is 0 Å². The van der Waals surface area contributed by atoms with Crippen molar-refractivity contribution in [2.75, 3.05) is 17.7 Å². The van der Waals surface area contributed by atoms with Gasteiger partial charge in [0.05, 0.1) is 34.5 Å². The lowest BCUT2D eigenvalue weighted by Gasteiger charge is -2.23. The molecule has 1 aromatic carbocycles. The number of nitrogens with one attached hydrogen (secondary N) is 1. The van der Waals surface area contributed by atoms with Crippen LogP contribution in [0.25, 0.3) is 10.9 Å². The van der Waals surface area contributed by atoms with Crippen LogP contribution in [-0.4, -0.2) is 51.1 Å². The molecule has 3 aromatic heterocycles. The van der Waals surface area contributed by atoms with Crippen LogP contribution in [0, 0.1) is 0 Å². The van der Waals surface area contributed by atoms with E-state index in [1.165, 1.54) is 17.1 Å². The Morgan fingerprint density at radius 1 is 0.913 bits per heavy atom. The minimum absolute atomic E-state index is 0.0230. The monoisotopic (exact) mass is 667 g/mol. The number of carbonyl (C=O) groups excluding carboxylic acids is 2. The van der Waals surface area contributed by atoms with Crippen LogP contribution in [0.2, 0.25) is 25.7 Å². The topological polar surface area (TPSA) is 128 Å². The highest BCUT2D eigenvalue weighted by Crippen LogP contribution is 2.30. The highest BCUT2D eigenvalue weighted by Gasteiger charge is 2.33. The number of benzene rings is 1. The molecule has 0 aliphatic heterocycles. The predicted molar refractivity (Wildman–Crippen MR) is 160 cm³/mol. The molecular formula is C29H31F6N7O3Si. The van der Waals surface area contributed by atoms with Gasteiger partial charge in [-0.15, -0.1) is 0 Å². The van der Waals surface area contributed by atoms with Crippen LogP contribution in [0.4, 0.5) is 37.8 Å². The van der Waals surface area contributed by atoms with Crippen LogP contribution in [0.15, 0.2) is 55.0 Å². The summed E-state index contributed by atoms with van der Waals surface area (Å²) < 4.78 is 85.5. The third kappa shape index (κ3) is 8.81. The van der Waals surface area contributed by atoms with Gasteiger partial charge in [-0.3, -0.25) is 14.6 Å². The molecule has 2 amide bonds. The number of carbonyl (C=O) groups is 2. The van der Waals surface area contributed by atoms with Crippen molar-refractivity contribution in [3.63, 3.8) is 0 Å². The Bertz CT molecular complexity index is 1630. The fourth-order valence-corrected chi connectivity index (χ4v) is 5.04. The molecule has 46 heavy (non-hydrogen) atoms. The molecule has 0 aliphatic rings. The van der Waals surface area contributed by atoms with Gasteiger partial charge in [-0.05, 0) is 35.4 Å². The number of anilines is 2. The first-order valence-electron chi connectivity index (χ1n) is 13.9. The largest absolute Gasteiger partial charge is 0.433 e. The van der Waals surface area contributed by atoms with Gasteiger partial charge in [-0.2, -0.15) is 31.4 Å². The van der Waals surface area contributed by atoms with Gasteiger partial charge >= 0.3 is 24.2 Å². The van der Waals surface area contributed by atoms with Gasteiger partial charge in [0.2, 0.25) is 0 Å². The summed E-state index contributed by atoms with van der Waals surface area (Å²) in [5.41, 5.74) is 4.73. The summed E-state index contributed by atoms with van der Waals surface area (Å²) in [7, 11) is -1.36. The van der Waals surface area contributed by atoms with Gasteiger partial charge in [0.1, 0.15) is 18.2 Å². The molecule has 0 spiro atoms. The number of pyridine rings is 2. The average molecular weight is 668 g/mol. The molecule has 0 saturated carbocycles. The molecule has 0 unspecified atom stereocenters. The van der Waals surface area contributed by atoms with E-state index in [2.05, 4.69) is 40.0 Å². The Hall–Kier alpha value is -4.51. The zero-order valence-corrected chi connectivity index (χ0v) is 26.0. The zero-order valence-electron chi connectivity index (χ0n) is 25.0. The summed E-state index contributed by atoms with van der Waals surface area (Å²) in [4.78, 5) is 35.2. The SMILES string of the molecule is C[Si](C)(C)CCOCn1ncc2c(N)ncc(NC(=O)C(=O)N(Cc3ccc(C(F)(F)F)cc3)Cc3ccc(C(F)(F)F)nc3)c21. The van der Waals surface area contributed by atoms with E-state index < -0.39 is 43.5 Å². The normalized spacial score (nSPS) is 12.4. The number of nitrogen functional groups attached to an aromatic ring is 1. The number of nitrogens with two attached hydrogens (primary N) is 1. The third-order valence-electron chi connectivity index (χ3n) is 6.79. The molecule has 10 nitrogen and oxygen atoms in total.